The average Bonchev–Trinajstić information content (AvgIpc) is 3.50. The van der Waals surface area contributed by atoms with Crippen molar-refractivity contribution in [2.45, 2.75) is 37.9 Å². The van der Waals surface area contributed by atoms with E-state index in [1.165, 1.54) is 4.68 Å². The van der Waals surface area contributed by atoms with E-state index in [4.69, 9.17) is 4.74 Å². The number of carbonyl (C=O) groups is 1. The van der Waals surface area contributed by atoms with Crippen LogP contribution in [0.3, 0.4) is 0 Å². The summed E-state index contributed by atoms with van der Waals surface area (Å²) in [5.74, 6) is -0.679. The number of aryl methyl sites for hydroxylation is 1. The topological polar surface area (TPSA) is 69.0 Å². The number of nitrogens with zero attached hydrogens (tertiary/aromatic N) is 3. The predicted molar refractivity (Wildman–Crippen MR) is 104 cm³/mol. The normalized spacial score (nSPS) is 15.2. The quantitative estimate of drug-likeness (QED) is 0.654. The summed E-state index contributed by atoms with van der Waals surface area (Å²) in [7, 11) is 1.55. The second kappa shape index (κ2) is 7.62. The molecule has 0 bridgehead atoms. The fourth-order valence-electron chi connectivity index (χ4n) is 3.44. The molecule has 1 aromatic carbocycles. The molecule has 0 unspecified atom stereocenters. The molecule has 2 heterocycles. The Balaban J connectivity index is 1.54. The molecular formula is C21H21F3N4O2. The summed E-state index contributed by atoms with van der Waals surface area (Å²) in [5, 5.41) is 7.03. The molecule has 0 spiro atoms. The molecule has 0 saturated heterocycles. The lowest BCUT2D eigenvalue weighted by atomic mass is 10.1. The minimum atomic E-state index is -4.59. The maximum atomic E-state index is 13.7. The lowest BCUT2D eigenvalue weighted by Gasteiger charge is -2.15. The van der Waals surface area contributed by atoms with E-state index in [1.54, 1.807) is 7.05 Å². The first-order valence-electron chi connectivity index (χ1n) is 9.66. The standard InChI is InChI=1S/C21H21F3N4O2/c1-12(13-6-4-3-5-7-13)25-16(29)11-30-17-10-15(21(22,23)24)18-19(14-8-9-14)27-28(2)20(18)26-17/h3-7,10,12,14H,8-9,11H2,1-2H3,(H,25,29)/t12-/m0/s1. The number of carbonyl (C=O) groups excluding carboxylic acids is 1. The van der Waals surface area contributed by atoms with Gasteiger partial charge in [-0.3, -0.25) is 9.48 Å². The Kier molecular flexibility index (Phi) is 5.13. The first-order valence-corrected chi connectivity index (χ1v) is 9.66. The third-order valence-corrected chi connectivity index (χ3v) is 5.09. The lowest BCUT2D eigenvalue weighted by molar-refractivity contribution is -0.136. The van der Waals surface area contributed by atoms with Gasteiger partial charge in [-0.1, -0.05) is 30.3 Å². The minimum absolute atomic E-state index is 0.0157. The third-order valence-electron chi connectivity index (χ3n) is 5.09. The second-order valence-corrected chi connectivity index (χ2v) is 7.48. The van der Waals surface area contributed by atoms with E-state index >= 15 is 0 Å². The summed E-state index contributed by atoms with van der Waals surface area (Å²) in [6.07, 6.45) is -2.95. The van der Waals surface area contributed by atoms with E-state index in [2.05, 4.69) is 15.4 Å². The van der Waals surface area contributed by atoms with Gasteiger partial charge in [-0.25, -0.2) is 0 Å². The highest BCUT2D eigenvalue weighted by Crippen LogP contribution is 2.46. The van der Waals surface area contributed by atoms with Crippen molar-refractivity contribution in [2.75, 3.05) is 6.61 Å². The highest BCUT2D eigenvalue weighted by Gasteiger charge is 2.39. The van der Waals surface area contributed by atoms with Gasteiger partial charge in [0, 0.05) is 19.0 Å². The third kappa shape index (κ3) is 4.10. The summed E-state index contributed by atoms with van der Waals surface area (Å²) in [5.41, 5.74) is 0.593. The number of alkyl halides is 3. The SMILES string of the molecule is C[C@H](NC(=O)COc1cc(C(F)(F)F)c2c(C3CC3)nn(C)c2n1)c1ccccc1. The maximum absolute atomic E-state index is 13.7. The van der Waals surface area contributed by atoms with Crippen LogP contribution in [0.2, 0.25) is 0 Å². The van der Waals surface area contributed by atoms with Crippen molar-refractivity contribution in [1.82, 2.24) is 20.1 Å². The van der Waals surface area contributed by atoms with Gasteiger partial charge >= 0.3 is 6.18 Å². The highest BCUT2D eigenvalue weighted by molar-refractivity contribution is 5.84. The van der Waals surface area contributed by atoms with Gasteiger partial charge in [-0.15, -0.1) is 0 Å². The van der Waals surface area contributed by atoms with Crippen molar-refractivity contribution >= 4 is 16.9 Å². The lowest BCUT2D eigenvalue weighted by Crippen LogP contribution is -2.31. The number of hydrogen-bond acceptors (Lipinski definition) is 4. The van der Waals surface area contributed by atoms with Crippen molar-refractivity contribution in [3.05, 3.63) is 53.2 Å². The number of ether oxygens (including phenoxy) is 1. The summed E-state index contributed by atoms with van der Waals surface area (Å²) in [6.45, 7) is 1.37. The molecule has 0 radical (unpaired) electrons. The van der Waals surface area contributed by atoms with Gasteiger partial charge in [0.2, 0.25) is 5.88 Å². The van der Waals surface area contributed by atoms with Gasteiger partial charge < -0.3 is 10.1 Å². The van der Waals surface area contributed by atoms with Crippen LogP contribution in [0.5, 0.6) is 5.88 Å². The van der Waals surface area contributed by atoms with E-state index in [0.29, 0.717) is 5.69 Å². The number of benzene rings is 1. The van der Waals surface area contributed by atoms with E-state index in [1.807, 2.05) is 37.3 Å². The number of hydrogen-bond donors (Lipinski definition) is 1. The van der Waals surface area contributed by atoms with Gasteiger partial charge in [0.05, 0.1) is 22.7 Å². The van der Waals surface area contributed by atoms with Crippen molar-refractivity contribution in [2.24, 2.45) is 7.05 Å². The number of amides is 1. The van der Waals surface area contributed by atoms with Crippen LogP contribution in [0.1, 0.15) is 48.5 Å². The average molecular weight is 418 g/mol. The molecule has 3 aromatic rings. The molecule has 158 valence electrons. The molecule has 30 heavy (non-hydrogen) atoms. The first kappa shape index (κ1) is 20.2. The van der Waals surface area contributed by atoms with Crippen LogP contribution in [-0.4, -0.2) is 27.3 Å². The molecule has 4 rings (SSSR count). The van der Waals surface area contributed by atoms with Crippen LogP contribution >= 0.6 is 0 Å². The van der Waals surface area contributed by atoms with Crippen LogP contribution in [0.25, 0.3) is 11.0 Å². The Morgan fingerprint density at radius 3 is 2.63 bits per heavy atom. The molecule has 1 saturated carbocycles. The Hall–Kier alpha value is -3.10. The van der Waals surface area contributed by atoms with Gasteiger partial charge in [0.25, 0.3) is 5.91 Å². The number of halogens is 3. The first-order chi connectivity index (χ1) is 14.2. The molecule has 1 aliphatic rings. The van der Waals surface area contributed by atoms with Gasteiger partial charge in [-0.05, 0) is 25.3 Å². The van der Waals surface area contributed by atoms with Crippen LogP contribution in [0, 0.1) is 0 Å². The van der Waals surface area contributed by atoms with Crippen LogP contribution in [0.15, 0.2) is 36.4 Å². The summed E-state index contributed by atoms with van der Waals surface area (Å²) in [4.78, 5) is 16.4. The molecule has 6 nitrogen and oxygen atoms in total. The predicted octanol–water partition coefficient (Wildman–Crippen LogP) is 4.12. The summed E-state index contributed by atoms with van der Waals surface area (Å²) in [6, 6.07) is 9.92. The zero-order valence-corrected chi connectivity index (χ0v) is 16.5. The fraction of sp³-hybridized carbons (Fsp3) is 0.381. The largest absolute Gasteiger partial charge is 0.467 e. The molecule has 0 aliphatic heterocycles. The smallest absolute Gasteiger partial charge is 0.417 e. The van der Waals surface area contributed by atoms with E-state index < -0.39 is 24.3 Å². The molecule has 1 aliphatic carbocycles. The maximum Gasteiger partial charge on any atom is 0.417 e. The number of aromatic nitrogens is 3. The molecular weight excluding hydrogens is 397 g/mol. The van der Waals surface area contributed by atoms with Gasteiger partial charge in [0.1, 0.15) is 0 Å². The van der Waals surface area contributed by atoms with Gasteiger partial charge in [-0.2, -0.15) is 23.3 Å². The number of fused-ring (bicyclic) bond motifs is 1. The second-order valence-electron chi connectivity index (χ2n) is 7.48. The Labute approximate surface area is 171 Å². The van der Waals surface area contributed by atoms with Gasteiger partial charge in [0.15, 0.2) is 12.3 Å². The van der Waals surface area contributed by atoms with E-state index in [-0.39, 0.29) is 28.9 Å². The zero-order valence-electron chi connectivity index (χ0n) is 16.5. The van der Waals surface area contributed by atoms with Crippen LogP contribution in [0.4, 0.5) is 13.2 Å². The summed E-state index contributed by atoms with van der Waals surface area (Å²) < 4.78 is 47.9. The summed E-state index contributed by atoms with van der Waals surface area (Å²) >= 11 is 0. The minimum Gasteiger partial charge on any atom is -0.467 e. The molecule has 1 N–H and O–H groups in total. The molecule has 1 atom stereocenters. The number of pyridine rings is 1. The number of rotatable bonds is 6. The number of nitrogens with one attached hydrogen (secondary N) is 1. The van der Waals surface area contributed by atoms with E-state index in [0.717, 1.165) is 24.5 Å². The van der Waals surface area contributed by atoms with Crippen molar-refractivity contribution in [1.29, 1.82) is 0 Å². The van der Waals surface area contributed by atoms with Crippen molar-refractivity contribution < 1.29 is 22.7 Å². The highest BCUT2D eigenvalue weighted by atomic mass is 19.4. The monoisotopic (exact) mass is 418 g/mol. The fourth-order valence-corrected chi connectivity index (χ4v) is 3.44. The van der Waals surface area contributed by atoms with Crippen molar-refractivity contribution in [3.63, 3.8) is 0 Å². The van der Waals surface area contributed by atoms with Crippen LogP contribution in [-0.2, 0) is 18.0 Å². The Morgan fingerprint density at radius 1 is 1.30 bits per heavy atom. The van der Waals surface area contributed by atoms with Crippen molar-refractivity contribution in [3.8, 4) is 5.88 Å². The zero-order chi connectivity index (χ0) is 21.5. The molecule has 9 heteroatoms. The molecule has 1 fully saturated rings. The van der Waals surface area contributed by atoms with Crippen LogP contribution < -0.4 is 10.1 Å². The Morgan fingerprint density at radius 2 is 2.00 bits per heavy atom. The Bertz CT molecular complexity index is 1080. The molecule has 2 aromatic heterocycles. The molecule has 1 amide bonds. The van der Waals surface area contributed by atoms with E-state index in [9.17, 15) is 18.0 Å².